The summed E-state index contributed by atoms with van der Waals surface area (Å²) < 4.78 is 22.7. The van der Waals surface area contributed by atoms with Crippen LogP contribution in [0.15, 0.2) is 0 Å². The van der Waals surface area contributed by atoms with Crippen LogP contribution in [0, 0.1) is 0 Å². The second kappa shape index (κ2) is 4.73. The number of halogens is 2. The number of alkyl halides is 2. The molecular weight excluding hydrogens is 146 g/mol. The molecule has 0 aliphatic rings. The van der Waals surface area contributed by atoms with Crippen molar-refractivity contribution in [3.63, 3.8) is 0 Å². The number of carbonyl (C=O) groups is 1. The van der Waals surface area contributed by atoms with E-state index in [0.29, 0.717) is 0 Å². The Morgan fingerprint density at radius 1 is 1.67 bits per heavy atom. The highest BCUT2D eigenvalue weighted by molar-refractivity contribution is 7.99. The van der Waals surface area contributed by atoms with Gasteiger partial charge in [-0.2, -0.15) is 0 Å². The van der Waals surface area contributed by atoms with Crippen molar-refractivity contribution < 1.29 is 13.6 Å². The van der Waals surface area contributed by atoms with Crippen LogP contribution >= 0.6 is 11.8 Å². The van der Waals surface area contributed by atoms with Crippen molar-refractivity contribution in [3.05, 3.63) is 0 Å². The fraction of sp³-hybridized carbons (Fsp3) is 0.800. The highest BCUT2D eigenvalue weighted by Crippen LogP contribution is 2.05. The Morgan fingerprint density at radius 2 is 2.22 bits per heavy atom. The van der Waals surface area contributed by atoms with Crippen molar-refractivity contribution in [2.45, 2.75) is 13.3 Å². The molecule has 0 fully saturated rings. The molecule has 0 rings (SSSR count). The molecule has 0 aliphatic heterocycles. The molecule has 0 spiro atoms. The third kappa shape index (κ3) is 7.88. The van der Waals surface area contributed by atoms with Gasteiger partial charge in [-0.15, -0.1) is 11.8 Å². The van der Waals surface area contributed by atoms with Gasteiger partial charge in [0.1, 0.15) is 5.78 Å². The first-order valence-electron chi connectivity index (χ1n) is 2.48. The third-order valence-corrected chi connectivity index (χ3v) is 1.65. The van der Waals surface area contributed by atoms with Crippen LogP contribution in [0.2, 0.25) is 0 Å². The number of ketones is 1. The van der Waals surface area contributed by atoms with Gasteiger partial charge in [-0.25, -0.2) is 8.78 Å². The van der Waals surface area contributed by atoms with Gasteiger partial charge in [0.2, 0.25) is 6.43 Å². The van der Waals surface area contributed by atoms with Crippen molar-refractivity contribution in [2.24, 2.45) is 0 Å². The average Bonchev–Trinajstić information content (AvgIpc) is 1.63. The van der Waals surface area contributed by atoms with Crippen LogP contribution in [0.3, 0.4) is 0 Å². The van der Waals surface area contributed by atoms with E-state index in [9.17, 15) is 13.6 Å². The Labute approximate surface area is 56.8 Å². The summed E-state index contributed by atoms with van der Waals surface area (Å²) >= 11 is 0.970. The minimum atomic E-state index is -2.30. The largest absolute Gasteiger partial charge is 0.299 e. The average molecular weight is 154 g/mol. The van der Waals surface area contributed by atoms with Crippen LogP contribution in [0.1, 0.15) is 6.92 Å². The molecule has 0 N–H and O–H groups in total. The number of hydrogen-bond donors (Lipinski definition) is 0. The lowest BCUT2D eigenvalue weighted by atomic mass is 10.5. The maximum atomic E-state index is 11.4. The minimum absolute atomic E-state index is 0.0550. The molecule has 0 aliphatic carbocycles. The summed E-state index contributed by atoms with van der Waals surface area (Å²) in [5.74, 6) is -0.0927. The van der Waals surface area contributed by atoms with Gasteiger partial charge in [-0.1, -0.05) is 0 Å². The van der Waals surface area contributed by atoms with Crippen molar-refractivity contribution >= 4 is 17.5 Å². The molecule has 0 amide bonds. The maximum absolute atomic E-state index is 11.4. The molecule has 0 atom stereocenters. The molecule has 0 bridgehead atoms. The molecule has 1 nitrogen and oxygen atoms in total. The number of carbonyl (C=O) groups excluding carboxylic acids is 1. The van der Waals surface area contributed by atoms with E-state index in [1.807, 2.05) is 0 Å². The quantitative estimate of drug-likeness (QED) is 0.611. The predicted octanol–water partition coefficient (Wildman–Crippen LogP) is 1.57. The molecule has 0 saturated heterocycles. The van der Waals surface area contributed by atoms with Crippen molar-refractivity contribution in [2.75, 3.05) is 11.5 Å². The maximum Gasteiger partial charge on any atom is 0.247 e. The lowest BCUT2D eigenvalue weighted by molar-refractivity contribution is -0.114. The van der Waals surface area contributed by atoms with Crippen LogP contribution in [-0.2, 0) is 4.79 Å². The highest BCUT2D eigenvalue weighted by Gasteiger charge is 2.02. The lowest BCUT2D eigenvalue weighted by Gasteiger charge is -1.94. The fourth-order valence-electron chi connectivity index (χ4n) is 0.292. The Morgan fingerprint density at radius 3 is 2.56 bits per heavy atom. The first kappa shape index (κ1) is 8.88. The van der Waals surface area contributed by atoms with Gasteiger partial charge in [0.15, 0.2) is 0 Å². The zero-order chi connectivity index (χ0) is 7.28. The Bertz CT molecular complexity index is 95.0. The molecule has 9 heavy (non-hydrogen) atoms. The van der Waals surface area contributed by atoms with Crippen LogP contribution in [0.5, 0.6) is 0 Å². The van der Waals surface area contributed by atoms with E-state index < -0.39 is 6.43 Å². The summed E-state index contributed by atoms with van der Waals surface area (Å²) in [5.41, 5.74) is 0. The standard InChI is InChI=1S/C5H8F2OS/c1-4(8)2-9-3-5(6)7/h5H,2-3H2,1H3. The Hall–Kier alpha value is -0.120. The van der Waals surface area contributed by atoms with Gasteiger partial charge in [-0.3, -0.25) is 4.79 Å². The predicted molar refractivity (Wildman–Crippen MR) is 34.0 cm³/mol. The van der Waals surface area contributed by atoms with Crippen LogP contribution < -0.4 is 0 Å². The lowest BCUT2D eigenvalue weighted by Crippen LogP contribution is -1.99. The molecule has 0 aromatic carbocycles. The smallest absolute Gasteiger partial charge is 0.247 e. The van der Waals surface area contributed by atoms with Gasteiger partial charge in [0.25, 0.3) is 0 Å². The summed E-state index contributed by atoms with van der Waals surface area (Å²) in [5, 5.41) is 0. The Kier molecular flexibility index (Phi) is 4.67. The third-order valence-electron chi connectivity index (χ3n) is 0.549. The number of Topliss-reactive ketones (excluding diaryl/α,β-unsaturated/α-hetero) is 1. The van der Waals surface area contributed by atoms with Crippen LogP contribution in [-0.4, -0.2) is 23.7 Å². The van der Waals surface area contributed by atoms with Gasteiger partial charge in [0.05, 0.1) is 11.5 Å². The van der Waals surface area contributed by atoms with Crippen LogP contribution in [0.25, 0.3) is 0 Å². The summed E-state index contributed by atoms with van der Waals surface area (Å²) in [6.45, 7) is 1.39. The Balaban J connectivity index is 3.01. The summed E-state index contributed by atoms with van der Waals surface area (Å²) in [6, 6.07) is 0. The molecule has 0 aromatic heterocycles. The van der Waals surface area contributed by atoms with Gasteiger partial charge in [0, 0.05) is 0 Å². The first-order valence-corrected chi connectivity index (χ1v) is 3.63. The molecule has 0 heterocycles. The summed E-state index contributed by atoms with van der Waals surface area (Å²) in [4.78, 5) is 10.2. The van der Waals surface area contributed by atoms with Gasteiger partial charge < -0.3 is 0 Å². The van der Waals surface area contributed by atoms with E-state index in [-0.39, 0.29) is 17.3 Å². The fourth-order valence-corrected chi connectivity index (χ4v) is 0.875. The van der Waals surface area contributed by atoms with Crippen LogP contribution in [0.4, 0.5) is 8.78 Å². The molecule has 0 aromatic rings. The van der Waals surface area contributed by atoms with E-state index in [0.717, 1.165) is 11.8 Å². The van der Waals surface area contributed by atoms with Crippen molar-refractivity contribution in [1.82, 2.24) is 0 Å². The molecular formula is C5H8F2OS. The SMILES string of the molecule is CC(=O)CSCC(F)F. The second-order valence-electron chi connectivity index (χ2n) is 1.61. The zero-order valence-corrected chi connectivity index (χ0v) is 5.88. The summed E-state index contributed by atoms with van der Waals surface area (Å²) in [7, 11) is 0. The van der Waals surface area contributed by atoms with E-state index in [4.69, 9.17) is 0 Å². The van der Waals surface area contributed by atoms with Gasteiger partial charge in [-0.05, 0) is 6.92 Å². The van der Waals surface area contributed by atoms with E-state index in [2.05, 4.69) is 0 Å². The second-order valence-corrected chi connectivity index (χ2v) is 2.64. The van der Waals surface area contributed by atoms with Crippen molar-refractivity contribution in [3.8, 4) is 0 Å². The molecule has 54 valence electrons. The molecule has 4 heteroatoms. The molecule has 0 saturated carbocycles. The summed E-state index contributed by atoms with van der Waals surface area (Å²) in [6.07, 6.45) is -2.30. The normalized spacial score (nSPS) is 10.2. The molecule has 0 radical (unpaired) electrons. The van der Waals surface area contributed by atoms with E-state index >= 15 is 0 Å². The number of thioether (sulfide) groups is 1. The monoisotopic (exact) mass is 154 g/mol. The minimum Gasteiger partial charge on any atom is -0.299 e. The number of hydrogen-bond acceptors (Lipinski definition) is 2. The topological polar surface area (TPSA) is 17.1 Å². The van der Waals surface area contributed by atoms with E-state index in [1.54, 1.807) is 0 Å². The molecule has 0 unspecified atom stereocenters. The number of rotatable bonds is 4. The highest BCUT2D eigenvalue weighted by atomic mass is 32.2. The van der Waals surface area contributed by atoms with Gasteiger partial charge >= 0.3 is 0 Å². The first-order chi connectivity index (χ1) is 4.13. The van der Waals surface area contributed by atoms with E-state index in [1.165, 1.54) is 6.92 Å². The zero-order valence-electron chi connectivity index (χ0n) is 5.06. The van der Waals surface area contributed by atoms with Crippen molar-refractivity contribution in [1.29, 1.82) is 0 Å².